The number of benzene rings is 1. The molecule has 1 aliphatic carbocycles. The molecule has 1 aliphatic rings. The molecule has 1 saturated carbocycles. The molecule has 0 unspecified atom stereocenters. The maximum atomic E-state index is 5.70. The Labute approximate surface area is 91.9 Å². The Bertz CT molecular complexity index is 312. The van der Waals surface area contributed by atoms with Gasteiger partial charge in [0.15, 0.2) is 0 Å². The zero-order valence-electron chi connectivity index (χ0n) is 9.42. The van der Waals surface area contributed by atoms with Crippen molar-refractivity contribution < 1.29 is 0 Å². The highest BCUT2D eigenvalue weighted by atomic mass is 14.9. The molecule has 1 fully saturated rings. The highest BCUT2D eigenvalue weighted by Crippen LogP contribution is 2.47. The van der Waals surface area contributed by atoms with Gasteiger partial charge >= 0.3 is 0 Å². The molecule has 2 nitrogen and oxygen atoms in total. The SMILES string of the molecule is CCCNCC1(c2ccc(N)cc2)CC1. The van der Waals surface area contributed by atoms with Crippen LogP contribution in [0.4, 0.5) is 5.69 Å². The number of anilines is 1. The number of nitrogens with two attached hydrogens (primary N) is 1. The highest BCUT2D eigenvalue weighted by Gasteiger charge is 2.43. The molecule has 1 aromatic carbocycles. The summed E-state index contributed by atoms with van der Waals surface area (Å²) in [5.41, 5.74) is 8.42. The Hall–Kier alpha value is -1.02. The zero-order valence-corrected chi connectivity index (χ0v) is 9.42. The predicted octanol–water partition coefficient (Wildman–Crippen LogP) is 2.30. The Kier molecular flexibility index (Phi) is 2.96. The van der Waals surface area contributed by atoms with Crippen LogP contribution in [0.2, 0.25) is 0 Å². The highest BCUT2D eigenvalue weighted by molar-refractivity contribution is 5.43. The van der Waals surface area contributed by atoms with Crippen molar-refractivity contribution in [3.8, 4) is 0 Å². The third-order valence-electron chi connectivity index (χ3n) is 3.27. The lowest BCUT2D eigenvalue weighted by atomic mass is 9.96. The van der Waals surface area contributed by atoms with Gasteiger partial charge < -0.3 is 11.1 Å². The van der Waals surface area contributed by atoms with Gasteiger partial charge in [-0.2, -0.15) is 0 Å². The van der Waals surface area contributed by atoms with E-state index in [9.17, 15) is 0 Å². The molecule has 0 aromatic heterocycles. The lowest BCUT2D eigenvalue weighted by Crippen LogP contribution is -2.27. The maximum Gasteiger partial charge on any atom is 0.0314 e. The summed E-state index contributed by atoms with van der Waals surface area (Å²) in [4.78, 5) is 0. The first-order valence-electron chi connectivity index (χ1n) is 5.83. The summed E-state index contributed by atoms with van der Waals surface area (Å²) in [5, 5.41) is 3.52. The van der Waals surface area contributed by atoms with Crippen molar-refractivity contribution in [1.82, 2.24) is 5.32 Å². The minimum atomic E-state index is 0.420. The van der Waals surface area contributed by atoms with Crippen LogP contribution in [0, 0.1) is 0 Å². The Balaban J connectivity index is 1.99. The Morgan fingerprint density at radius 2 is 1.93 bits per heavy atom. The van der Waals surface area contributed by atoms with Crippen LogP contribution < -0.4 is 11.1 Å². The van der Waals surface area contributed by atoms with Crippen molar-refractivity contribution in [3.63, 3.8) is 0 Å². The molecule has 2 heteroatoms. The molecule has 0 atom stereocenters. The van der Waals surface area contributed by atoms with Gasteiger partial charge in [-0.1, -0.05) is 19.1 Å². The van der Waals surface area contributed by atoms with Crippen molar-refractivity contribution >= 4 is 5.69 Å². The number of rotatable bonds is 5. The normalized spacial score (nSPS) is 17.7. The standard InChI is InChI=1S/C13H20N2/c1-2-9-15-10-13(7-8-13)11-3-5-12(14)6-4-11/h3-6,15H,2,7-10,14H2,1H3. The number of hydrogen-bond acceptors (Lipinski definition) is 2. The number of nitrogens with one attached hydrogen (secondary N) is 1. The van der Waals surface area contributed by atoms with E-state index in [4.69, 9.17) is 5.73 Å². The van der Waals surface area contributed by atoms with Crippen molar-refractivity contribution in [2.45, 2.75) is 31.6 Å². The fraction of sp³-hybridized carbons (Fsp3) is 0.538. The molecule has 3 N–H and O–H groups in total. The van der Waals surface area contributed by atoms with E-state index >= 15 is 0 Å². The average molecular weight is 204 g/mol. The first-order chi connectivity index (χ1) is 7.27. The molecule has 0 aliphatic heterocycles. The number of hydrogen-bond donors (Lipinski definition) is 2. The van der Waals surface area contributed by atoms with Crippen LogP contribution in [-0.4, -0.2) is 13.1 Å². The van der Waals surface area contributed by atoms with E-state index in [1.54, 1.807) is 0 Å². The minimum Gasteiger partial charge on any atom is -0.399 e. The molecular formula is C13H20N2. The number of nitrogen functional groups attached to an aromatic ring is 1. The smallest absolute Gasteiger partial charge is 0.0314 e. The van der Waals surface area contributed by atoms with Crippen molar-refractivity contribution in [2.24, 2.45) is 0 Å². The van der Waals surface area contributed by atoms with Crippen LogP contribution in [0.15, 0.2) is 24.3 Å². The molecule has 0 saturated heterocycles. The molecule has 15 heavy (non-hydrogen) atoms. The monoisotopic (exact) mass is 204 g/mol. The summed E-state index contributed by atoms with van der Waals surface area (Å²) in [7, 11) is 0. The third-order valence-corrected chi connectivity index (χ3v) is 3.27. The van der Waals surface area contributed by atoms with E-state index in [1.165, 1.54) is 24.8 Å². The van der Waals surface area contributed by atoms with Crippen LogP contribution in [0.5, 0.6) is 0 Å². The molecular weight excluding hydrogens is 184 g/mol. The van der Waals surface area contributed by atoms with Crippen molar-refractivity contribution in [3.05, 3.63) is 29.8 Å². The van der Waals surface area contributed by atoms with Crippen molar-refractivity contribution in [2.75, 3.05) is 18.8 Å². The molecule has 0 heterocycles. The van der Waals surface area contributed by atoms with E-state index in [2.05, 4.69) is 24.4 Å². The zero-order chi connectivity index (χ0) is 10.7. The summed E-state index contributed by atoms with van der Waals surface area (Å²) < 4.78 is 0. The lowest BCUT2D eigenvalue weighted by Gasteiger charge is -2.16. The average Bonchev–Trinajstić information content (AvgIpc) is 3.00. The largest absolute Gasteiger partial charge is 0.399 e. The first kappa shape index (κ1) is 10.5. The molecule has 0 radical (unpaired) electrons. The summed E-state index contributed by atoms with van der Waals surface area (Å²) in [5.74, 6) is 0. The Morgan fingerprint density at radius 1 is 1.27 bits per heavy atom. The van der Waals surface area contributed by atoms with Crippen LogP contribution >= 0.6 is 0 Å². The quantitative estimate of drug-likeness (QED) is 0.570. The van der Waals surface area contributed by atoms with Gasteiger partial charge in [-0.25, -0.2) is 0 Å². The summed E-state index contributed by atoms with van der Waals surface area (Å²) in [6.45, 7) is 4.44. The summed E-state index contributed by atoms with van der Waals surface area (Å²) in [6.07, 6.45) is 3.83. The van der Waals surface area contributed by atoms with Gasteiger partial charge in [0, 0.05) is 17.6 Å². The first-order valence-corrected chi connectivity index (χ1v) is 5.83. The van der Waals surface area contributed by atoms with E-state index in [0.717, 1.165) is 18.8 Å². The molecule has 0 spiro atoms. The second-order valence-corrected chi connectivity index (χ2v) is 4.58. The van der Waals surface area contributed by atoms with Gasteiger partial charge in [0.05, 0.1) is 0 Å². The van der Waals surface area contributed by atoms with Gasteiger partial charge in [-0.3, -0.25) is 0 Å². The van der Waals surface area contributed by atoms with Crippen LogP contribution in [0.1, 0.15) is 31.7 Å². The van der Waals surface area contributed by atoms with E-state index in [0.29, 0.717) is 5.41 Å². The summed E-state index contributed by atoms with van der Waals surface area (Å²) in [6, 6.07) is 8.37. The summed E-state index contributed by atoms with van der Waals surface area (Å²) >= 11 is 0. The van der Waals surface area contributed by atoms with E-state index < -0.39 is 0 Å². The second-order valence-electron chi connectivity index (χ2n) is 4.58. The third kappa shape index (κ3) is 2.32. The minimum absolute atomic E-state index is 0.420. The van der Waals surface area contributed by atoms with Gasteiger partial charge in [0.1, 0.15) is 0 Å². The fourth-order valence-electron chi connectivity index (χ4n) is 2.06. The maximum absolute atomic E-state index is 5.70. The molecule has 0 bridgehead atoms. The van der Waals surface area contributed by atoms with E-state index in [1.807, 2.05) is 12.1 Å². The van der Waals surface area contributed by atoms with Gasteiger partial charge in [-0.15, -0.1) is 0 Å². The molecule has 0 amide bonds. The van der Waals surface area contributed by atoms with Crippen LogP contribution in [0.3, 0.4) is 0 Å². The fourth-order valence-corrected chi connectivity index (χ4v) is 2.06. The predicted molar refractivity (Wildman–Crippen MR) is 64.9 cm³/mol. The molecule has 82 valence electrons. The van der Waals surface area contributed by atoms with E-state index in [-0.39, 0.29) is 0 Å². The van der Waals surface area contributed by atoms with Crippen molar-refractivity contribution in [1.29, 1.82) is 0 Å². The molecule has 1 aromatic rings. The van der Waals surface area contributed by atoms with Gasteiger partial charge in [0.25, 0.3) is 0 Å². The Morgan fingerprint density at radius 3 is 2.47 bits per heavy atom. The molecule has 2 rings (SSSR count). The second kappa shape index (κ2) is 4.23. The topological polar surface area (TPSA) is 38.0 Å². The van der Waals surface area contributed by atoms with Crippen LogP contribution in [-0.2, 0) is 5.41 Å². The lowest BCUT2D eigenvalue weighted by molar-refractivity contribution is 0.571. The van der Waals surface area contributed by atoms with Crippen LogP contribution in [0.25, 0.3) is 0 Å². The van der Waals surface area contributed by atoms with Gasteiger partial charge in [0.2, 0.25) is 0 Å². The van der Waals surface area contributed by atoms with Gasteiger partial charge in [-0.05, 0) is 43.5 Å².